The van der Waals surface area contributed by atoms with Gasteiger partial charge in [0.25, 0.3) is 0 Å². The zero-order chi connectivity index (χ0) is 58.4. The summed E-state index contributed by atoms with van der Waals surface area (Å²) in [5, 5.41) is 144. The molecule has 8 aliphatic rings. The molecule has 0 spiro atoms. The van der Waals surface area contributed by atoms with E-state index < -0.39 is 193 Å². The number of carboxylic acids is 1. The number of carbonyl (C=O) groups excluding carboxylic acids is 2. The van der Waals surface area contributed by atoms with Gasteiger partial charge in [-0.05, 0) is 92.8 Å². The van der Waals surface area contributed by atoms with Crippen LogP contribution in [0.15, 0.2) is 23.3 Å². The summed E-state index contributed by atoms with van der Waals surface area (Å²) in [6.45, 7) is 14.3. The molecule has 7 fully saturated rings. The monoisotopic (exact) mass is 1130 g/mol. The molecular weight excluding hydrogens is 1040 g/mol. The molecule has 13 N–H and O–H groups in total. The fraction of sp³-hybridized carbons (Fsp3) is 0.873. The maximum absolute atomic E-state index is 13.3. The second-order valence-corrected chi connectivity index (χ2v) is 25.6. The van der Waals surface area contributed by atoms with Crippen LogP contribution in [0.2, 0.25) is 0 Å². The van der Waals surface area contributed by atoms with Crippen molar-refractivity contribution in [3.05, 3.63) is 23.3 Å². The number of fused-ring (bicyclic) bond motifs is 7. The highest BCUT2D eigenvalue weighted by Gasteiger charge is 2.74. The summed E-state index contributed by atoms with van der Waals surface area (Å²) in [4.78, 5) is 39.0. The lowest BCUT2D eigenvalue weighted by molar-refractivity contribution is -0.392. The van der Waals surface area contributed by atoms with Crippen molar-refractivity contribution in [1.29, 1.82) is 0 Å². The van der Waals surface area contributed by atoms with Crippen LogP contribution in [0.4, 0.5) is 0 Å². The molecule has 5 aliphatic carbocycles. The first-order chi connectivity index (χ1) is 36.9. The van der Waals surface area contributed by atoms with Crippen molar-refractivity contribution in [3.8, 4) is 0 Å². The van der Waals surface area contributed by atoms with Crippen LogP contribution < -0.4 is 0 Å². The first-order valence-electron chi connectivity index (χ1n) is 27.7. The van der Waals surface area contributed by atoms with Crippen molar-refractivity contribution >= 4 is 17.9 Å². The Balaban J connectivity index is 1.11. The number of ether oxygens (including phenoxy) is 8. The van der Waals surface area contributed by atoms with Crippen LogP contribution >= 0.6 is 0 Å². The Labute approximate surface area is 459 Å². The first kappa shape index (κ1) is 62.2. The molecule has 0 aromatic carbocycles. The normalized spacial score (nSPS) is 50.6. The number of hydrogen-bond donors (Lipinski definition) is 13. The fourth-order valence-corrected chi connectivity index (χ4v) is 16.1. The number of aliphatic hydroxyl groups excluding tert-OH is 12. The van der Waals surface area contributed by atoms with E-state index >= 15 is 0 Å². The van der Waals surface area contributed by atoms with Gasteiger partial charge < -0.3 is 104 Å². The third kappa shape index (κ3) is 10.0. The third-order valence-electron chi connectivity index (χ3n) is 21.0. The third-order valence-corrected chi connectivity index (χ3v) is 21.0. The van der Waals surface area contributed by atoms with Crippen LogP contribution in [0.25, 0.3) is 0 Å². The average molecular weight is 1130 g/mol. The van der Waals surface area contributed by atoms with Gasteiger partial charge in [-0.15, -0.1) is 0 Å². The molecule has 0 unspecified atom stereocenters. The highest BCUT2D eigenvalue weighted by molar-refractivity contribution is 5.87. The molecule has 3 aliphatic heterocycles. The van der Waals surface area contributed by atoms with E-state index in [0.717, 1.165) is 5.57 Å². The second kappa shape index (κ2) is 22.6. The number of carboxylic acid groups (broad SMARTS) is 1. The molecule has 0 radical (unpaired) electrons. The molecule has 0 bridgehead atoms. The van der Waals surface area contributed by atoms with E-state index in [2.05, 4.69) is 26.8 Å². The molecule has 8 rings (SSSR count). The largest absolute Gasteiger partial charge is 0.479 e. The van der Waals surface area contributed by atoms with Gasteiger partial charge in [-0.2, -0.15) is 0 Å². The van der Waals surface area contributed by atoms with Crippen LogP contribution in [0.5, 0.6) is 0 Å². The Morgan fingerprint density at radius 1 is 0.696 bits per heavy atom. The Morgan fingerprint density at radius 3 is 1.81 bits per heavy atom. The Bertz CT molecular complexity index is 2290. The van der Waals surface area contributed by atoms with Gasteiger partial charge in [0.15, 0.2) is 25.0 Å². The average Bonchev–Trinajstić information content (AvgIpc) is 1.69. The minimum absolute atomic E-state index is 0.0849. The number of aliphatic carboxylic acids is 1. The quantitative estimate of drug-likeness (QED) is 0.0415. The number of aliphatic hydroxyl groups is 12. The summed E-state index contributed by atoms with van der Waals surface area (Å²) in [5.74, 6) is -3.82. The second-order valence-electron chi connectivity index (χ2n) is 25.6. The smallest absolute Gasteiger partial charge is 0.335 e. The van der Waals surface area contributed by atoms with Crippen molar-refractivity contribution in [1.82, 2.24) is 0 Å². The molecule has 0 aromatic rings. The molecule has 0 aromatic heterocycles. The van der Waals surface area contributed by atoms with E-state index in [1.54, 1.807) is 19.9 Å². The molecule has 24 nitrogen and oxygen atoms in total. The molecule has 4 saturated carbocycles. The predicted molar refractivity (Wildman–Crippen MR) is 269 cm³/mol. The standard InChI is InChI=1S/C55H86O24/c1-10-23(2)46(71)79-44-43(68)55(22-72-24(3)59)26(17-50(44,4)5)25-11-12-30-51(6)15-14-32(52(7,21-58)29(51)13-16-53(30,8)54(25,9)18-31(55)60)75-49-41(77-48-38(66)36(64)34(62)28(20-57)74-48)39(67)40(42(78-49)45(69)70)76-47-37(65)35(63)33(61)27(19-56)73-47/h10-11,26-44,47-49,56-58,60-68H,12-22H2,1-9H3,(H,69,70)/b23-10+/t26-,27+,28+,29+,30+,31+,32-,33+,34+,35-,36-,37+,38+,39-,40-,41+,42-,43-,44-,47-,48-,49+,51-,52+,53+,54+,55-/m1/s1. The highest BCUT2D eigenvalue weighted by atomic mass is 16.8. The molecule has 24 heteroatoms. The molecule has 27 atom stereocenters. The van der Waals surface area contributed by atoms with E-state index in [1.807, 2.05) is 20.8 Å². The van der Waals surface area contributed by atoms with Crippen LogP contribution in [-0.4, -0.2) is 227 Å². The SMILES string of the molecule is C/C=C(\C)C(=O)O[C@@H]1[C@@H](O)[C@]2(COC(C)=O)[C@H](CC1(C)C)C1=CC[C@H]3[C@]4(C)CC[C@@H](O[C@H]5O[C@@H](C(=O)O)[C@H](O[C@H]6O[C@@H](CO)[C@H](O)[C@@H](O)[C@@H]6O)[C@@H](O)[C@@H]5O[C@H]5O[C@@H](CO)[C@H](O)[C@@H](O)[C@@H]5O)[C@@](C)(CO)[C@H]4CC[C@]3(C)[C@@]1(C)C[C@@H]2O. The van der Waals surface area contributed by atoms with Gasteiger partial charge >= 0.3 is 17.9 Å². The summed E-state index contributed by atoms with van der Waals surface area (Å²) < 4.78 is 47.7. The molecule has 450 valence electrons. The van der Waals surface area contributed by atoms with Crippen LogP contribution in [0.3, 0.4) is 0 Å². The van der Waals surface area contributed by atoms with Crippen molar-refractivity contribution in [3.63, 3.8) is 0 Å². The van der Waals surface area contributed by atoms with Crippen molar-refractivity contribution in [2.75, 3.05) is 26.4 Å². The minimum Gasteiger partial charge on any atom is -0.479 e. The molecule has 79 heavy (non-hydrogen) atoms. The van der Waals surface area contributed by atoms with Gasteiger partial charge in [0, 0.05) is 23.3 Å². The Hall–Kier alpha value is -2.83. The zero-order valence-electron chi connectivity index (χ0n) is 46.4. The zero-order valence-corrected chi connectivity index (χ0v) is 46.4. The van der Waals surface area contributed by atoms with Crippen molar-refractivity contribution in [2.24, 2.45) is 50.2 Å². The van der Waals surface area contributed by atoms with E-state index in [-0.39, 0.29) is 31.3 Å². The lowest BCUT2D eigenvalue weighted by atomic mass is 9.33. The van der Waals surface area contributed by atoms with E-state index in [9.17, 15) is 80.8 Å². The summed E-state index contributed by atoms with van der Waals surface area (Å²) in [7, 11) is 0. The van der Waals surface area contributed by atoms with Gasteiger partial charge in [0.1, 0.15) is 86.0 Å². The van der Waals surface area contributed by atoms with E-state index in [4.69, 9.17) is 37.9 Å². The fourth-order valence-electron chi connectivity index (χ4n) is 16.1. The Morgan fingerprint density at radius 2 is 1.28 bits per heavy atom. The number of allylic oxidation sites excluding steroid dienone is 3. The van der Waals surface area contributed by atoms with E-state index in [0.29, 0.717) is 37.7 Å². The number of rotatable bonds is 14. The molecule has 3 heterocycles. The summed E-state index contributed by atoms with van der Waals surface area (Å²) in [6.07, 6.45) is -26.8. The Kier molecular flexibility index (Phi) is 17.8. The summed E-state index contributed by atoms with van der Waals surface area (Å²) in [6, 6.07) is 0. The molecule has 3 saturated heterocycles. The van der Waals surface area contributed by atoms with Gasteiger partial charge in [-0.25, -0.2) is 9.59 Å². The number of carbonyl (C=O) groups is 3. The summed E-state index contributed by atoms with van der Waals surface area (Å²) in [5.41, 5.74) is -3.78. The topological polar surface area (TPSA) is 388 Å². The van der Waals surface area contributed by atoms with Gasteiger partial charge in [0.05, 0.1) is 37.4 Å². The van der Waals surface area contributed by atoms with Crippen molar-refractivity contribution in [2.45, 2.75) is 224 Å². The predicted octanol–water partition coefficient (Wildman–Crippen LogP) is -1.32. The van der Waals surface area contributed by atoms with Crippen molar-refractivity contribution < 1.29 is 119 Å². The lowest BCUT2D eigenvalue weighted by Crippen LogP contribution is -2.72. The summed E-state index contributed by atoms with van der Waals surface area (Å²) >= 11 is 0. The number of hydrogen-bond acceptors (Lipinski definition) is 23. The lowest BCUT2D eigenvalue weighted by Gasteiger charge is -2.72. The van der Waals surface area contributed by atoms with Crippen LogP contribution in [0, 0.1) is 50.2 Å². The van der Waals surface area contributed by atoms with Gasteiger partial charge in [-0.1, -0.05) is 59.3 Å². The number of esters is 2. The minimum atomic E-state index is -2.18. The van der Waals surface area contributed by atoms with Gasteiger partial charge in [-0.3, -0.25) is 4.79 Å². The maximum Gasteiger partial charge on any atom is 0.335 e. The highest BCUT2D eigenvalue weighted by Crippen LogP contribution is 2.76. The van der Waals surface area contributed by atoms with Crippen LogP contribution in [-0.2, 0) is 52.3 Å². The van der Waals surface area contributed by atoms with Crippen LogP contribution in [0.1, 0.15) is 107 Å². The van der Waals surface area contributed by atoms with Gasteiger partial charge in [0.2, 0.25) is 0 Å². The molecular formula is C55H86O24. The van der Waals surface area contributed by atoms with E-state index in [1.165, 1.54) is 6.92 Å². The maximum atomic E-state index is 13.3. The molecule has 0 amide bonds. The first-order valence-corrected chi connectivity index (χ1v) is 27.7.